The van der Waals surface area contributed by atoms with Crippen LogP contribution in [0.3, 0.4) is 0 Å². The largest absolute Gasteiger partial charge is 0.363 e. The summed E-state index contributed by atoms with van der Waals surface area (Å²) < 4.78 is 7.78. The minimum Gasteiger partial charge on any atom is -0.363 e. The van der Waals surface area contributed by atoms with E-state index in [1.807, 2.05) is 35.1 Å². The quantitative estimate of drug-likeness (QED) is 0.475. The van der Waals surface area contributed by atoms with E-state index in [1.54, 1.807) is 0 Å². The van der Waals surface area contributed by atoms with Gasteiger partial charge in [0.05, 0.1) is 28.8 Å². The maximum Gasteiger partial charge on any atom is 0.237 e. The summed E-state index contributed by atoms with van der Waals surface area (Å²) in [6.07, 6.45) is 2.77. The number of fused-ring (bicyclic) bond motifs is 1. The van der Waals surface area contributed by atoms with E-state index in [2.05, 4.69) is 79.7 Å². The van der Waals surface area contributed by atoms with E-state index in [4.69, 9.17) is 9.51 Å². The summed E-state index contributed by atoms with van der Waals surface area (Å²) in [5.74, 6) is 2.07. The van der Waals surface area contributed by atoms with Crippen LogP contribution in [0.2, 0.25) is 0 Å². The maximum absolute atomic E-state index is 5.74. The molecule has 6 nitrogen and oxygen atoms in total. The molecular weight excluding hydrogens is 386 g/mol. The Morgan fingerprint density at radius 2 is 1.71 bits per heavy atom. The summed E-state index contributed by atoms with van der Waals surface area (Å²) in [5, 5.41) is 12.7. The first-order valence-electron chi connectivity index (χ1n) is 10.7. The molecule has 0 fully saturated rings. The Labute approximate surface area is 182 Å². The van der Waals surface area contributed by atoms with Gasteiger partial charge in [-0.1, -0.05) is 65.8 Å². The molecule has 158 valence electrons. The predicted molar refractivity (Wildman–Crippen MR) is 121 cm³/mol. The van der Waals surface area contributed by atoms with E-state index in [9.17, 15) is 0 Å². The fourth-order valence-corrected chi connectivity index (χ4v) is 4.36. The van der Waals surface area contributed by atoms with Gasteiger partial charge in [-0.3, -0.25) is 0 Å². The molecule has 0 radical (unpaired) electrons. The zero-order valence-corrected chi connectivity index (χ0v) is 18.3. The Morgan fingerprint density at radius 1 is 1.03 bits per heavy atom. The fourth-order valence-electron chi connectivity index (χ4n) is 4.36. The molecule has 2 aromatic carbocycles. The molecule has 6 heteroatoms. The topological polar surface area (TPSA) is 68.8 Å². The molecule has 1 atom stereocenters. The Balaban J connectivity index is 1.52. The first-order chi connectivity index (χ1) is 14.9. The first kappa shape index (κ1) is 19.5. The highest BCUT2D eigenvalue weighted by Gasteiger charge is 2.37. The van der Waals surface area contributed by atoms with Crippen LogP contribution in [0.5, 0.6) is 0 Å². The third-order valence-corrected chi connectivity index (χ3v) is 6.26. The highest BCUT2D eigenvalue weighted by Crippen LogP contribution is 2.42. The molecule has 0 spiro atoms. The van der Waals surface area contributed by atoms with E-state index >= 15 is 0 Å². The molecular formula is C25H27N5O. The summed E-state index contributed by atoms with van der Waals surface area (Å²) in [5.41, 5.74) is 2.71. The van der Waals surface area contributed by atoms with Gasteiger partial charge in [0.25, 0.3) is 0 Å². The summed E-state index contributed by atoms with van der Waals surface area (Å²) in [4.78, 5) is 4.78. The second-order valence-corrected chi connectivity index (χ2v) is 9.36. The number of nitrogens with one attached hydrogen (secondary N) is 1. The first-order valence-corrected chi connectivity index (χ1v) is 10.7. The van der Waals surface area contributed by atoms with Crippen LogP contribution in [-0.4, -0.2) is 19.9 Å². The molecule has 1 unspecified atom stereocenters. The Kier molecular flexibility index (Phi) is 4.46. The summed E-state index contributed by atoms with van der Waals surface area (Å²) in [6.45, 7) is 8.62. The molecule has 1 aliphatic rings. The minimum absolute atomic E-state index is 0.144. The van der Waals surface area contributed by atoms with E-state index < -0.39 is 0 Å². The normalized spacial score (nSPS) is 17.7. The molecule has 5 rings (SSSR count). The monoisotopic (exact) mass is 413 g/mol. The van der Waals surface area contributed by atoms with Gasteiger partial charge in [0, 0.05) is 0 Å². The lowest BCUT2D eigenvalue weighted by Crippen LogP contribution is -2.37. The fraction of sp³-hybridized carbons (Fsp3) is 0.320. The Morgan fingerprint density at radius 3 is 2.42 bits per heavy atom. The number of nitrogens with zero attached hydrogens (tertiary/aromatic N) is 4. The molecule has 0 saturated heterocycles. The van der Waals surface area contributed by atoms with Crippen molar-refractivity contribution in [1.82, 2.24) is 19.9 Å². The Bertz CT molecular complexity index is 1190. The number of hydrogen-bond donors (Lipinski definition) is 1. The van der Waals surface area contributed by atoms with E-state index in [1.165, 1.54) is 5.56 Å². The van der Waals surface area contributed by atoms with Crippen LogP contribution in [-0.2, 0) is 11.0 Å². The second-order valence-electron chi connectivity index (χ2n) is 9.36. The average molecular weight is 414 g/mol. The van der Waals surface area contributed by atoms with Crippen LogP contribution in [0.1, 0.15) is 57.2 Å². The Hall–Kier alpha value is -3.41. The van der Waals surface area contributed by atoms with Crippen LogP contribution in [0.4, 0.5) is 5.82 Å². The van der Waals surface area contributed by atoms with Crippen molar-refractivity contribution in [3.05, 3.63) is 83.9 Å². The van der Waals surface area contributed by atoms with Crippen LogP contribution in [0.25, 0.3) is 11.4 Å². The lowest BCUT2D eigenvalue weighted by molar-refractivity contribution is 0.263. The zero-order valence-electron chi connectivity index (χ0n) is 18.3. The highest BCUT2D eigenvalue weighted by atomic mass is 16.5. The van der Waals surface area contributed by atoms with Gasteiger partial charge in [-0.2, -0.15) is 10.1 Å². The van der Waals surface area contributed by atoms with Crippen molar-refractivity contribution in [2.75, 3.05) is 5.32 Å². The van der Waals surface area contributed by atoms with Crippen molar-refractivity contribution in [2.45, 2.75) is 51.1 Å². The average Bonchev–Trinajstić information content (AvgIpc) is 3.42. The van der Waals surface area contributed by atoms with Crippen molar-refractivity contribution in [2.24, 2.45) is 0 Å². The van der Waals surface area contributed by atoms with Gasteiger partial charge >= 0.3 is 0 Å². The lowest BCUT2D eigenvalue weighted by atomic mass is 9.84. The van der Waals surface area contributed by atoms with Crippen molar-refractivity contribution >= 4 is 5.82 Å². The molecule has 0 saturated carbocycles. The highest BCUT2D eigenvalue weighted by molar-refractivity contribution is 5.71. The zero-order chi connectivity index (χ0) is 21.6. The van der Waals surface area contributed by atoms with Crippen molar-refractivity contribution in [3.63, 3.8) is 0 Å². The standard InChI is InChI=1S/C25H27N5O/c1-24(2)15-20(17-11-7-5-8-12-17)27-22-19(16-26-30(22)24)21-28-23(31-29-21)25(3,4)18-13-9-6-10-14-18/h5-14,16,20,27H,15H2,1-4H3. The number of aromatic nitrogens is 4. The van der Waals surface area contributed by atoms with Crippen molar-refractivity contribution in [3.8, 4) is 11.4 Å². The number of hydrogen-bond acceptors (Lipinski definition) is 5. The van der Waals surface area contributed by atoms with Crippen LogP contribution < -0.4 is 5.32 Å². The minimum atomic E-state index is -0.390. The summed E-state index contributed by atoms with van der Waals surface area (Å²) in [6, 6.07) is 20.9. The van der Waals surface area contributed by atoms with E-state index in [0.717, 1.165) is 23.4 Å². The predicted octanol–water partition coefficient (Wildman–Crippen LogP) is 5.55. The van der Waals surface area contributed by atoms with Crippen LogP contribution in [0, 0.1) is 0 Å². The molecule has 31 heavy (non-hydrogen) atoms. The summed E-state index contributed by atoms with van der Waals surface area (Å²) in [7, 11) is 0. The number of anilines is 1. The molecule has 1 N–H and O–H groups in total. The number of benzene rings is 2. The molecule has 0 bridgehead atoms. The molecule has 0 amide bonds. The van der Waals surface area contributed by atoms with Gasteiger partial charge in [0.15, 0.2) is 0 Å². The third-order valence-electron chi connectivity index (χ3n) is 6.26. The molecule has 0 aliphatic carbocycles. The van der Waals surface area contributed by atoms with E-state index in [-0.39, 0.29) is 17.0 Å². The van der Waals surface area contributed by atoms with Gasteiger partial charge < -0.3 is 9.84 Å². The van der Waals surface area contributed by atoms with Crippen molar-refractivity contribution < 1.29 is 4.52 Å². The second kappa shape index (κ2) is 7.08. The van der Waals surface area contributed by atoms with Crippen LogP contribution >= 0.6 is 0 Å². The van der Waals surface area contributed by atoms with Gasteiger partial charge in [0.1, 0.15) is 5.82 Å². The smallest absolute Gasteiger partial charge is 0.237 e. The third kappa shape index (κ3) is 3.32. The molecule has 4 aromatic rings. The SMILES string of the molecule is CC(C)(c1ccccc1)c1nc(-c2cnn3c2NC(c2ccccc2)CC3(C)C)no1. The van der Waals surface area contributed by atoms with Gasteiger partial charge in [-0.25, -0.2) is 4.68 Å². The van der Waals surface area contributed by atoms with Gasteiger partial charge in [-0.05, 0) is 45.2 Å². The number of rotatable bonds is 4. The van der Waals surface area contributed by atoms with Crippen LogP contribution in [0.15, 0.2) is 71.4 Å². The van der Waals surface area contributed by atoms with Crippen molar-refractivity contribution in [1.29, 1.82) is 0 Å². The molecule has 2 aromatic heterocycles. The molecule has 1 aliphatic heterocycles. The molecule has 3 heterocycles. The van der Waals surface area contributed by atoms with E-state index in [0.29, 0.717) is 11.7 Å². The van der Waals surface area contributed by atoms with Gasteiger partial charge in [-0.15, -0.1) is 0 Å². The summed E-state index contributed by atoms with van der Waals surface area (Å²) >= 11 is 0. The lowest BCUT2D eigenvalue weighted by Gasteiger charge is -2.38. The van der Waals surface area contributed by atoms with Gasteiger partial charge in [0.2, 0.25) is 11.7 Å². The maximum atomic E-state index is 5.74.